The van der Waals surface area contributed by atoms with E-state index in [0.717, 1.165) is 11.4 Å². The van der Waals surface area contributed by atoms with E-state index < -0.39 is 0 Å². The Kier molecular flexibility index (Phi) is 3.46. The van der Waals surface area contributed by atoms with Gasteiger partial charge in [-0.3, -0.25) is 4.79 Å². The van der Waals surface area contributed by atoms with Crippen LogP contribution in [0.1, 0.15) is 35.8 Å². The minimum absolute atomic E-state index is 0.0269. The van der Waals surface area contributed by atoms with Crippen molar-refractivity contribution >= 4 is 17.2 Å². The maximum absolute atomic E-state index is 12.0. The average Bonchev–Trinajstić information content (AvgIpc) is 2.87. The van der Waals surface area contributed by atoms with Gasteiger partial charge >= 0.3 is 0 Å². The first-order chi connectivity index (χ1) is 8.05. The molecule has 0 spiro atoms. The van der Waals surface area contributed by atoms with Gasteiger partial charge in [0.25, 0.3) is 5.91 Å². The predicted octanol–water partition coefficient (Wildman–Crippen LogP) is 0.899. The van der Waals surface area contributed by atoms with Gasteiger partial charge in [-0.25, -0.2) is 4.98 Å². The molecule has 3 N–H and O–H groups in total. The molecule has 5 nitrogen and oxygen atoms in total. The smallest absolute Gasteiger partial charge is 0.271 e. The highest BCUT2D eigenvalue weighted by Crippen LogP contribution is 2.25. The van der Waals surface area contributed by atoms with E-state index in [4.69, 9.17) is 10.5 Å². The van der Waals surface area contributed by atoms with Gasteiger partial charge in [0.2, 0.25) is 0 Å². The van der Waals surface area contributed by atoms with E-state index >= 15 is 0 Å². The van der Waals surface area contributed by atoms with Crippen LogP contribution in [0.5, 0.6) is 0 Å². The Morgan fingerprint density at radius 3 is 3.12 bits per heavy atom. The molecule has 0 bridgehead atoms. The lowest BCUT2D eigenvalue weighted by Crippen LogP contribution is -2.50. The number of amides is 1. The SMILES string of the molecule is CC1OCCC1(C)NC(=O)c1csc(CN)n1. The van der Waals surface area contributed by atoms with Crippen molar-refractivity contribution in [1.82, 2.24) is 10.3 Å². The summed E-state index contributed by atoms with van der Waals surface area (Å²) >= 11 is 1.41. The van der Waals surface area contributed by atoms with Crippen LogP contribution in [0.4, 0.5) is 0 Å². The maximum Gasteiger partial charge on any atom is 0.271 e. The average molecular weight is 255 g/mol. The third kappa shape index (κ3) is 2.48. The quantitative estimate of drug-likeness (QED) is 0.841. The minimum Gasteiger partial charge on any atom is -0.376 e. The molecule has 1 fully saturated rings. The van der Waals surface area contributed by atoms with Crippen molar-refractivity contribution in [3.63, 3.8) is 0 Å². The van der Waals surface area contributed by atoms with Crippen molar-refractivity contribution in [2.75, 3.05) is 6.61 Å². The molecule has 0 radical (unpaired) electrons. The lowest BCUT2D eigenvalue weighted by molar-refractivity contribution is 0.0724. The van der Waals surface area contributed by atoms with Crippen LogP contribution in [-0.2, 0) is 11.3 Å². The lowest BCUT2D eigenvalue weighted by Gasteiger charge is -2.28. The number of hydrogen-bond donors (Lipinski definition) is 2. The Labute approximate surface area is 104 Å². The van der Waals surface area contributed by atoms with Gasteiger partial charge < -0.3 is 15.8 Å². The molecule has 0 aromatic carbocycles. The van der Waals surface area contributed by atoms with Gasteiger partial charge in [0.1, 0.15) is 10.7 Å². The number of carbonyl (C=O) groups excluding carboxylic acids is 1. The van der Waals surface area contributed by atoms with Gasteiger partial charge in [-0.15, -0.1) is 11.3 Å². The van der Waals surface area contributed by atoms with Crippen molar-refractivity contribution in [2.24, 2.45) is 5.73 Å². The number of thiazole rings is 1. The molecule has 2 rings (SSSR count). The second-order valence-electron chi connectivity index (χ2n) is 4.47. The van der Waals surface area contributed by atoms with E-state index in [2.05, 4.69) is 10.3 Å². The Morgan fingerprint density at radius 1 is 1.82 bits per heavy atom. The summed E-state index contributed by atoms with van der Waals surface area (Å²) in [5.41, 5.74) is 5.61. The van der Waals surface area contributed by atoms with E-state index in [0.29, 0.717) is 18.8 Å². The first kappa shape index (κ1) is 12.5. The minimum atomic E-state index is -0.302. The number of rotatable bonds is 3. The van der Waals surface area contributed by atoms with Gasteiger partial charge in [-0.1, -0.05) is 0 Å². The number of nitrogens with zero attached hydrogens (tertiary/aromatic N) is 1. The molecule has 94 valence electrons. The van der Waals surface area contributed by atoms with Gasteiger partial charge in [-0.2, -0.15) is 0 Å². The van der Waals surface area contributed by atoms with Crippen molar-refractivity contribution < 1.29 is 9.53 Å². The van der Waals surface area contributed by atoms with Crippen LogP contribution in [0.25, 0.3) is 0 Å². The van der Waals surface area contributed by atoms with Gasteiger partial charge in [0, 0.05) is 18.5 Å². The summed E-state index contributed by atoms with van der Waals surface area (Å²) in [5, 5.41) is 5.51. The van der Waals surface area contributed by atoms with Crippen LogP contribution in [0.15, 0.2) is 5.38 Å². The lowest BCUT2D eigenvalue weighted by atomic mass is 9.94. The molecule has 1 aromatic heterocycles. The topological polar surface area (TPSA) is 77.2 Å². The number of nitrogens with two attached hydrogens (primary N) is 1. The summed E-state index contributed by atoms with van der Waals surface area (Å²) in [4.78, 5) is 16.2. The number of nitrogens with one attached hydrogen (secondary N) is 1. The van der Waals surface area contributed by atoms with Gasteiger partial charge in [0.05, 0.1) is 11.6 Å². The summed E-state index contributed by atoms with van der Waals surface area (Å²) in [6.45, 7) is 5.02. The summed E-state index contributed by atoms with van der Waals surface area (Å²) < 4.78 is 5.48. The molecule has 6 heteroatoms. The summed E-state index contributed by atoms with van der Waals surface area (Å²) in [7, 11) is 0. The molecule has 1 amide bonds. The van der Waals surface area contributed by atoms with Crippen LogP contribution >= 0.6 is 11.3 Å². The predicted molar refractivity (Wildman–Crippen MR) is 65.9 cm³/mol. The highest BCUT2D eigenvalue weighted by Gasteiger charge is 2.38. The summed E-state index contributed by atoms with van der Waals surface area (Å²) in [6.07, 6.45) is 0.854. The zero-order valence-electron chi connectivity index (χ0n) is 10.0. The third-order valence-electron chi connectivity index (χ3n) is 3.24. The van der Waals surface area contributed by atoms with E-state index in [9.17, 15) is 4.79 Å². The molecule has 2 atom stereocenters. The monoisotopic (exact) mass is 255 g/mol. The van der Waals surface area contributed by atoms with E-state index in [1.54, 1.807) is 5.38 Å². The Morgan fingerprint density at radius 2 is 2.59 bits per heavy atom. The number of aromatic nitrogens is 1. The van der Waals surface area contributed by atoms with Crippen molar-refractivity contribution in [3.8, 4) is 0 Å². The second-order valence-corrected chi connectivity index (χ2v) is 5.41. The van der Waals surface area contributed by atoms with Crippen molar-refractivity contribution in [1.29, 1.82) is 0 Å². The van der Waals surface area contributed by atoms with Gasteiger partial charge in [0.15, 0.2) is 0 Å². The molecule has 2 heterocycles. The molecule has 1 aliphatic rings. The fourth-order valence-electron chi connectivity index (χ4n) is 1.83. The normalized spacial score (nSPS) is 28.3. The fraction of sp³-hybridized carbons (Fsp3) is 0.636. The summed E-state index contributed by atoms with van der Waals surface area (Å²) in [5.74, 6) is -0.152. The number of ether oxygens (including phenoxy) is 1. The Balaban J connectivity index is 2.06. The number of carbonyl (C=O) groups is 1. The molecular weight excluding hydrogens is 238 g/mol. The number of hydrogen-bond acceptors (Lipinski definition) is 5. The molecule has 17 heavy (non-hydrogen) atoms. The first-order valence-corrected chi connectivity index (χ1v) is 6.52. The highest BCUT2D eigenvalue weighted by atomic mass is 32.1. The van der Waals surface area contributed by atoms with E-state index in [-0.39, 0.29) is 17.6 Å². The Bertz CT molecular complexity index is 421. The fourth-order valence-corrected chi connectivity index (χ4v) is 2.49. The van der Waals surface area contributed by atoms with Crippen LogP contribution in [0.3, 0.4) is 0 Å². The summed E-state index contributed by atoms with van der Waals surface area (Å²) in [6, 6.07) is 0. The van der Waals surface area contributed by atoms with E-state index in [1.807, 2.05) is 13.8 Å². The molecule has 1 aliphatic heterocycles. The zero-order chi connectivity index (χ0) is 12.5. The largest absolute Gasteiger partial charge is 0.376 e. The van der Waals surface area contributed by atoms with Crippen molar-refractivity contribution in [2.45, 2.75) is 38.5 Å². The second kappa shape index (κ2) is 4.72. The maximum atomic E-state index is 12.0. The highest BCUT2D eigenvalue weighted by molar-refractivity contribution is 7.09. The molecule has 0 aliphatic carbocycles. The van der Waals surface area contributed by atoms with E-state index in [1.165, 1.54) is 11.3 Å². The van der Waals surface area contributed by atoms with Crippen molar-refractivity contribution in [3.05, 3.63) is 16.1 Å². The molecular formula is C11H17N3O2S. The molecule has 1 aromatic rings. The molecule has 1 saturated heterocycles. The van der Waals surface area contributed by atoms with Crippen LogP contribution in [0.2, 0.25) is 0 Å². The van der Waals surface area contributed by atoms with Crippen LogP contribution < -0.4 is 11.1 Å². The third-order valence-corrected chi connectivity index (χ3v) is 4.12. The zero-order valence-corrected chi connectivity index (χ0v) is 10.8. The standard InChI is InChI=1S/C11H17N3O2S/c1-7-11(2,3-4-16-7)14-10(15)8-6-17-9(5-12)13-8/h6-7H,3-5,12H2,1-2H3,(H,14,15). The van der Waals surface area contributed by atoms with Crippen LogP contribution in [-0.4, -0.2) is 29.1 Å². The first-order valence-electron chi connectivity index (χ1n) is 5.64. The van der Waals surface area contributed by atoms with Crippen LogP contribution in [0, 0.1) is 0 Å². The molecule has 2 unspecified atom stereocenters. The Hall–Kier alpha value is -0.980. The molecule has 0 saturated carbocycles. The van der Waals surface area contributed by atoms with Gasteiger partial charge in [-0.05, 0) is 20.3 Å².